The number of unbranched alkanes of at least 4 members (excludes halogenated alkanes) is 36. The highest BCUT2D eigenvalue weighted by Crippen LogP contribution is 2.45. The third-order valence-electron chi connectivity index (χ3n) is 15.5. The van der Waals surface area contributed by atoms with E-state index in [1.54, 1.807) is 0 Å². The van der Waals surface area contributed by atoms with Crippen molar-refractivity contribution in [3.05, 3.63) is 0 Å². The fourth-order valence-electron chi connectivity index (χ4n) is 10.1. The molecule has 0 aliphatic heterocycles. The fourth-order valence-corrected chi connectivity index (χ4v) is 11.6. The Bertz CT molecular complexity index is 1680. The number of phosphoric ester groups is 2. The molecule has 17 nitrogen and oxygen atoms in total. The van der Waals surface area contributed by atoms with Crippen LogP contribution < -0.4 is 0 Å². The van der Waals surface area contributed by atoms with E-state index in [4.69, 9.17) is 37.0 Å². The molecule has 86 heavy (non-hydrogen) atoms. The Morgan fingerprint density at radius 3 is 0.791 bits per heavy atom. The minimum absolute atomic E-state index is 0.102. The number of aliphatic hydroxyl groups excluding tert-OH is 1. The van der Waals surface area contributed by atoms with Gasteiger partial charge in [-0.3, -0.25) is 37.3 Å². The van der Waals surface area contributed by atoms with E-state index < -0.39 is 97.5 Å². The lowest BCUT2D eigenvalue weighted by Crippen LogP contribution is -2.30. The molecule has 0 aliphatic rings. The Morgan fingerprint density at radius 2 is 0.535 bits per heavy atom. The van der Waals surface area contributed by atoms with Crippen LogP contribution in [0.3, 0.4) is 0 Å². The molecule has 0 aliphatic carbocycles. The lowest BCUT2D eigenvalue weighted by atomic mass is 10.0. The highest BCUT2D eigenvalue weighted by atomic mass is 31.2. The highest BCUT2D eigenvalue weighted by molar-refractivity contribution is 7.47. The zero-order valence-corrected chi connectivity index (χ0v) is 57.4. The predicted octanol–water partition coefficient (Wildman–Crippen LogP) is 18.8. The SMILES string of the molecule is CCCCCCCCCCCCCCCCCCCCC(=O)O[C@H](COC(=O)CCCCCCCCCC(C)C)COP(=O)(O)OC[C@@H](O)COP(=O)(O)OC[C@@H](COC(=O)CCCCCCCCCCC)OC(=O)CCCCCCCCC(C)C. The molecule has 0 spiro atoms. The van der Waals surface area contributed by atoms with Crippen LogP contribution in [0.15, 0.2) is 0 Å². The van der Waals surface area contributed by atoms with Gasteiger partial charge in [0, 0.05) is 25.7 Å². The second kappa shape index (κ2) is 59.4. The van der Waals surface area contributed by atoms with Gasteiger partial charge in [-0.25, -0.2) is 9.13 Å². The number of hydrogen-bond donors (Lipinski definition) is 3. The van der Waals surface area contributed by atoms with Crippen LogP contribution in [-0.2, 0) is 65.4 Å². The number of ether oxygens (including phenoxy) is 4. The summed E-state index contributed by atoms with van der Waals surface area (Å²) in [7, 11) is -9.89. The minimum atomic E-state index is -4.95. The molecule has 510 valence electrons. The molecule has 5 atom stereocenters. The first-order chi connectivity index (χ1) is 41.4. The summed E-state index contributed by atoms with van der Waals surface area (Å²) in [6, 6.07) is 0. The molecule has 0 aromatic carbocycles. The number of rotatable bonds is 66. The lowest BCUT2D eigenvalue weighted by molar-refractivity contribution is -0.161. The highest BCUT2D eigenvalue weighted by Gasteiger charge is 2.30. The minimum Gasteiger partial charge on any atom is -0.462 e. The van der Waals surface area contributed by atoms with Crippen molar-refractivity contribution in [2.75, 3.05) is 39.6 Å². The Balaban J connectivity index is 5.18. The summed E-state index contributed by atoms with van der Waals surface area (Å²) in [5, 5.41) is 10.5. The summed E-state index contributed by atoms with van der Waals surface area (Å²) < 4.78 is 68.0. The van der Waals surface area contributed by atoms with Crippen molar-refractivity contribution in [3.63, 3.8) is 0 Å². The first-order valence-corrected chi connectivity index (χ1v) is 38.0. The Hall–Kier alpha value is -1.94. The molecule has 0 rings (SSSR count). The van der Waals surface area contributed by atoms with Gasteiger partial charge in [0.15, 0.2) is 12.2 Å². The summed E-state index contributed by atoms with van der Waals surface area (Å²) in [5.74, 6) is -0.761. The molecule has 0 aromatic heterocycles. The van der Waals surface area contributed by atoms with Gasteiger partial charge >= 0.3 is 39.5 Å². The van der Waals surface area contributed by atoms with Crippen LogP contribution in [-0.4, -0.2) is 96.7 Å². The Kier molecular flexibility index (Phi) is 58.0. The molecular weight excluding hydrogens is 1140 g/mol. The molecule has 0 bridgehead atoms. The summed E-state index contributed by atoms with van der Waals surface area (Å²) in [4.78, 5) is 72.2. The molecular formula is C67H130O17P2. The monoisotopic (exact) mass is 1270 g/mol. The van der Waals surface area contributed by atoms with Gasteiger partial charge in [0.1, 0.15) is 19.3 Å². The molecule has 0 aromatic rings. The summed E-state index contributed by atoms with van der Waals surface area (Å²) in [6.07, 6.45) is 43.4. The third kappa shape index (κ3) is 60.9. The first-order valence-electron chi connectivity index (χ1n) is 35.0. The van der Waals surface area contributed by atoms with E-state index in [0.29, 0.717) is 37.5 Å². The average Bonchev–Trinajstić information content (AvgIpc) is 3.69. The van der Waals surface area contributed by atoms with Crippen molar-refractivity contribution in [1.82, 2.24) is 0 Å². The largest absolute Gasteiger partial charge is 0.472 e. The van der Waals surface area contributed by atoms with Crippen LogP contribution in [0.4, 0.5) is 0 Å². The molecule has 0 fully saturated rings. The van der Waals surface area contributed by atoms with Crippen LogP contribution in [0.5, 0.6) is 0 Å². The molecule has 0 radical (unpaired) electrons. The van der Waals surface area contributed by atoms with E-state index in [-0.39, 0.29) is 25.7 Å². The molecule has 0 heterocycles. The van der Waals surface area contributed by atoms with Crippen molar-refractivity contribution in [1.29, 1.82) is 0 Å². The van der Waals surface area contributed by atoms with Gasteiger partial charge in [0.05, 0.1) is 26.4 Å². The van der Waals surface area contributed by atoms with E-state index in [1.165, 1.54) is 148 Å². The van der Waals surface area contributed by atoms with Crippen LogP contribution in [0.25, 0.3) is 0 Å². The second-order valence-corrected chi connectivity index (χ2v) is 28.1. The van der Waals surface area contributed by atoms with Crippen LogP contribution >= 0.6 is 15.6 Å². The maximum Gasteiger partial charge on any atom is 0.472 e. The lowest BCUT2D eigenvalue weighted by Gasteiger charge is -2.21. The topological polar surface area (TPSA) is 237 Å². The van der Waals surface area contributed by atoms with E-state index in [0.717, 1.165) is 96.3 Å². The van der Waals surface area contributed by atoms with Crippen molar-refractivity contribution in [2.24, 2.45) is 11.8 Å². The molecule has 0 amide bonds. The van der Waals surface area contributed by atoms with Crippen molar-refractivity contribution < 1.29 is 80.2 Å². The number of carbonyl (C=O) groups excluding carboxylic acids is 4. The standard InChI is InChI=1S/C67H130O17P2/c1-7-9-11-13-15-17-18-19-20-21-22-23-24-25-27-31-39-45-51-66(71)83-62(55-78-65(70)50-44-38-32-28-29-35-41-47-59(3)4)57-81-85(73,74)79-53-61(68)54-80-86(75,76)82-58-63(84-67(72)52-46-40-34-33-36-42-48-60(5)6)56-77-64(69)49-43-37-30-26-16-14-12-10-8-2/h59-63,68H,7-58H2,1-6H3,(H,73,74)(H,75,76)/t61-,62-,63-/m1/s1. The van der Waals surface area contributed by atoms with Crippen molar-refractivity contribution in [3.8, 4) is 0 Å². The van der Waals surface area contributed by atoms with Gasteiger partial charge in [-0.05, 0) is 37.5 Å². The van der Waals surface area contributed by atoms with Gasteiger partial charge in [-0.15, -0.1) is 0 Å². The van der Waals surface area contributed by atoms with Gasteiger partial charge in [-0.1, -0.05) is 286 Å². The van der Waals surface area contributed by atoms with E-state index in [1.807, 2.05) is 0 Å². The second-order valence-electron chi connectivity index (χ2n) is 25.2. The van der Waals surface area contributed by atoms with Gasteiger partial charge in [-0.2, -0.15) is 0 Å². The van der Waals surface area contributed by atoms with Crippen LogP contribution in [0.1, 0.15) is 337 Å². The Morgan fingerprint density at radius 1 is 0.314 bits per heavy atom. The molecule has 19 heteroatoms. The van der Waals surface area contributed by atoms with Gasteiger partial charge < -0.3 is 33.8 Å². The first kappa shape index (κ1) is 84.1. The van der Waals surface area contributed by atoms with Gasteiger partial charge in [0.2, 0.25) is 0 Å². The zero-order valence-electron chi connectivity index (χ0n) is 55.6. The summed E-state index contributed by atoms with van der Waals surface area (Å²) in [5.41, 5.74) is 0. The zero-order chi connectivity index (χ0) is 63.6. The smallest absolute Gasteiger partial charge is 0.462 e. The van der Waals surface area contributed by atoms with Crippen LogP contribution in [0, 0.1) is 11.8 Å². The number of carbonyl (C=O) groups is 4. The molecule has 3 N–H and O–H groups in total. The number of hydrogen-bond acceptors (Lipinski definition) is 15. The fraction of sp³-hybridized carbons (Fsp3) is 0.940. The third-order valence-corrected chi connectivity index (χ3v) is 17.4. The quantitative estimate of drug-likeness (QED) is 0.0222. The van der Waals surface area contributed by atoms with E-state index in [9.17, 15) is 43.2 Å². The normalized spacial score (nSPS) is 14.2. The van der Waals surface area contributed by atoms with Gasteiger partial charge in [0.25, 0.3) is 0 Å². The van der Waals surface area contributed by atoms with Crippen molar-refractivity contribution >= 4 is 39.5 Å². The molecule has 0 saturated carbocycles. The summed E-state index contributed by atoms with van der Waals surface area (Å²) >= 11 is 0. The molecule has 2 unspecified atom stereocenters. The number of aliphatic hydroxyl groups is 1. The summed E-state index contributed by atoms with van der Waals surface area (Å²) in [6.45, 7) is 9.36. The molecule has 0 saturated heterocycles. The van der Waals surface area contributed by atoms with Crippen molar-refractivity contribution in [2.45, 2.75) is 355 Å². The van der Waals surface area contributed by atoms with Crippen LogP contribution in [0.2, 0.25) is 0 Å². The Labute approximate surface area is 524 Å². The number of esters is 4. The average molecular weight is 1270 g/mol. The van der Waals surface area contributed by atoms with E-state index in [2.05, 4.69) is 41.5 Å². The van der Waals surface area contributed by atoms with E-state index >= 15 is 0 Å². The maximum absolute atomic E-state index is 13.0. The maximum atomic E-state index is 13.0. The number of phosphoric acid groups is 2. The predicted molar refractivity (Wildman–Crippen MR) is 345 cm³/mol.